The molecule has 0 radical (unpaired) electrons. The zero-order chi connectivity index (χ0) is 17.7. The van der Waals surface area contributed by atoms with Gasteiger partial charge in [-0.1, -0.05) is 23.7 Å². The zero-order valence-electron chi connectivity index (χ0n) is 13.1. The van der Waals surface area contributed by atoms with Crippen LogP contribution >= 0.6 is 11.6 Å². The van der Waals surface area contributed by atoms with Crippen LogP contribution in [0.25, 0.3) is 11.5 Å². The third-order valence-corrected chi connectivity index (χ3v) is 4.92. The number of hydrogen-bond acceptors (Lipinski definition) is 6. The Balaban J connectivity index is 1.54. The summed E-state index contributed by atoms with van der Waals surface area (Å²) >= 11 is 5.79. The third kappa shape index (κ3) is 5.09. The summed E-state index contributed by atoms with van der Waals surface area (Å²) in [7, 11) is -3.46. The molecule has 0 fully saturated rings. The van der Waals surface area contributed by atoms with Crippen LogP contribution in [0.5, 0.6) is 0 Å². The van der Waals surface area contributed by atoms with E-state index in [1.165, 1.54) is 0 Å². The Labute approximate surface area is 150 Å². The molecule has 0 aliphatic heterocycles. The van der Waals surface area contributed by atoms with Crippen molar-refractivity contribution in [3.05, 3.63) is 65.3 Å². The van der Waals surface area contributed by atoms with Gasteiger partial charge in [-0.3, -0.25) is 4.98 Å². The highest BCUT2D eigenvalue weighted by atomic mass is 35.5. The first kappa shape index (κ1) is 17.5. The average molecular weight is 379 g/mol. The van der Waals surface area contributed by atoms with E-state index in [9.17, 15) is 8.42 Å². The number of halogens is 1. The van der Waals surface area contributed by atoms with Gasteiger partial charge in [0.15, 0.2) is 0 Å². The fraction of sp³-hybridized carbons (Fsp3) is 0.188. The number of rotatable bonds is 7. The molecule has 0 amide bonds. The van der Waals surface area contributed by atoms with Crippen molar-refractivity contribution in [1.29, 1.82) is 0 Å². The van der Waals surface area contributed by atoms with Crippen molar-refractivity contribution in [3.63, 3.8) is 0 Å². The standard InChI is InChI=1S/C16H15ClN4O3S/c17-14-5-3-12(4-6-14)11-25(22,23)19-9-7-15-20-21-16(24-15)13-2-1-8-18-10-13/h1-6,8,10,19H,7,9,11H2. The van der Waals surface area contributed by atoms with E-state index in [4.69, 9.17) is 16.0 Å². The summed E-state index contributed by atoms with van der Waals surface area (Å²) in [6.45, 7) is 0.171. The minimum atomic E-state index is -3.46. The Kier molecular flexibility index (Phi) is 5.42. The van der Waals surface area contributed by atoms with Crippen molar-refractivity contribution in [2.75, 3.05) is 6.54 Å². The molecular formula is C16H15ClN4O3S. The van der Waals surface area contributed by atoms with E-state index in [0.29, 0.717) is 34.4 Å². The Morgan fingerprint density at radius 3 is 2.64 bits per heavy atom. The molecular weight excluding hydrogens is 364 g/mol. The second-order valence-corrected chi connectivity index (χ2v) is 7.52. The smallest absolute Gasteiger partial charge is 0.249 e. The van der Waals surface area contributed by atoms with Crippen molar-refractivity contribution in [3.8, 4) is 11.5 Å². The SMILES string of the molecule is O=S(=O)(Cc1ccc(Cl)cc1)NCCc1nnc(-c2cccnc2)o1. The van der Waals surface area contributed by atoms with E-state index in [1.807, 2.05) is 0 Å². The topological polar surface area (TPSA) is 98.0 Å². The van der Waals surface area contributed by atoms with Gasteiger partial charge in [-0.2, -0.15) is 0 Å². The summed E-state index contributed by atoms with van der Waals surface area (Å²) in [5.74, 6) is 0.592. The van der Waals surface area contributed by atoms with Gasteiger partial charge in [0.1, 0.15) is 0 Å². The number of nitrogens with zero attached hydrogens (tertiary/aromatic N) is 3. The summed E-state index contributed by atoms with van der Waals surface area (Å²) < 4.78 is 32.2. The van der Waals surface area contributed by atoms with Gasteiger partial charge < -0.3 is 4.42 Å². The summed E-state index contributed by atoms with van der Waals surface area (Å²) in [5.41, 5.74) is 1.37. The predicted octanol–water partition coefficient (Wildman–Crippen LogP) is 2.45. The normalized spacial score (nSPS) is 11.6. The third-order valence-electron chi connectivity index (χ3n) is 3.31. The predicted molar refractivity (Wildman–Crippen MR) is 93.3 cm³/mol. The van der Waals surface area contributed by atoms with Gasteiger partial charge in [0.2, 0.25) is 21.8 Å². The van der Waals surface area contributed by atoms with E-state index >= 15 is 0 Å². The summed E-state index contributed by atoms with van der Waals surface area (Å²) in [6, 6.07) is 10.2. The Hall–Kier alpha value is -2.29. The maximum Gasteiger partial charge on any atom is 0.249 e. The molecule has 0 saturated carbocycles. The van der Waals surface area contributed by atoms with Crippen molar-refractivity contribution in [1.82, 2.24) is 19.9 Å². The highest BCUT2D eigenvalue weighted by Gasteiger charge is 2.13. The fourth-order valence-electron chi connectivity index (χ4n) is 2.13. The van der Waals surface area contributed by atoms with E-state index in [-0.39, 0.29) is 12.3 Å². The van der Waals surface area contributed by atoms with Gasteiger partial charge in [-0.25, -0.2) is 13.1 Å². The van der Waals surface area contributed by atoms with Crippen molar-refractivity contribution in [2.24, 2.45) is 0 Å². The molecule has 0 saturated heterocycles. The fourth-order valence-corrected chi connectivity index (χ4v) is 3.40. The first-order chi connectivity index (χ1) is 12.0. The lowest BCUT2D eigenvalue weighted by Crippen LogP contribution is -2.27. The number of sulfonamides is 1. The van der Waals surface area contributed by atoms with E-state index in [0.717, 1.165) is 0 Å². The minimum absolute atomic E-state index is 0.116. The molecule has 0 aliphatic rings. The van der Waals surface area contributed by atoms with Gasteiger partial charge in [0.25, 0.3) is 0 Å². The van der Waals surface area contributed by atoms with E-state index in [1.54, 1.807) is 48.8 Å². The highest BCUT2D eigenvalue weighted by molar-refractivity contribution is 7.88. The molecule has 1 N–H and O–H groups in total. The van der Waals surface area contributed by atoms with Crippen molar-refractivity contribution < 1.29 is 12.8 Å². The molecule has 9 heteroatoms. The monoisotopic (exact) mass is 378 g/mol. The average Bonchev–Trinajstić information content (AvgIpc) is 3.06. The summed E-state index contributed by atoms with van der Waals surface area (Å²) in [4.78, 5) is 3.98. The second kappa shape index (κ2) is 7.73. The van der Waals surface area contributed by atoms with Gasteiger partial charge in [0, 0.05) is 30.4 Å². The maximum atomic E-state index is 12.1. The highest BCUT2D eigenvalue weighted by Crippen LogP contribution is 2.16. The molecule has 3 rings (SSSR count). The lowest BCUT2D eigenvalue weighted by atomic mass is 10.2. The molecule has 0 aliphatic carbocycles. The molecule has 1 aromatic carbocycles. The molecule has 0 spiro atoms. The molecule has 25 heavy (non-hydrogen) atoms. The van der Waals surface area contributed by atoms with Gasteiger partial charge in [-0.15, -0.1) is 10.2 Å². The van der Waals surface area contributed by atoms with Crippen LogP contribution in [-0.2, 0) is 22.2 Å². The van der Waals surface area contributed by atoms with Crippen LogP contribution in [0, 0.1) is 0 Å². The molecule has 3 aromatic rings. The number of benzene rings is 1. The van der Waals surface area contributed by atoms with E-state index < -0.39 is 10.0 Å². The van der Waals surface area contributed by atoms with Crippen LogP contribution in [0.4, 0.5) is 0 Å². The van der Waals surface area contributed by atoms with Gasteiger partial charge >= 0.3 is 0 Å². The molecule has 2 heterocycles. The number of aromatic nitrogens is 3. The quantitative estimate of drug-likeness (QED) is 0.678. The first-order valence-corrected chi connectivity index (χ1v) is 9.49. The zero-order valence-corrected chi connectivity index (χ0v) is 14.7. The van der Waals surface area contributed by atoms with Crippen LogP contribution < -0.4 is 4.72 Å². The lowest BCUT2D eigenvalue weighted by molar-refractivity contribution is 0.501. The Morgan fingerprint density at radius 2 is 1.92 bits per heavy atom. The first-order valence-electron chi connectivity index (χ1n) is 7.46. The minimum Gasteiger partial charge on any atom is -0.421 e. The summed E-state index contributed by atoms with van der Waals surface area (Å²) in [5, 5.41) is 8.41. The number of hydrogen-bond donors (Lipinski definition) is 1. The van der Waals surface area contributed by atoms with Gasteiger partial charge in [0.05, 0.1) is 11.3 Å². The molecule has 0 unspecified atom stereocenters. The van der Waals surface area contributed by atoms with E-state index in [2.05, 4.69) is 19.9 Å². The van der Waals surface area contributed by atoms with Crippen LogP contribution in [0.1, 0.15) is 11.5 Å². The van der Waals surface area contributed by atoms with Gasteiger partial charge in [-0.05, 0) is 29.8 Å². The van der Waals surface area contributed by atoms with Crippen LogP contribution in [0.15, 0.2) is 53.2 Å². The van der Waals surface area contributed by atoms with Crippen LogP contribution in [0.2, 0.25) is 5.02 Å². The molecule has 2 aromatic heterocycles. The second-order valence-electron chi connectivity index (χ2n) is 5.27. The molecule has 7 nitrogen and oxygen atoms in total. The maximum absolute atomic E-state index is 12.1. The Morgan fingerprint density at radius 1 is 1.12 bits per heavy atom. The summed E-state index contributed by atoms with van der Waals surface area (Å²) in [6.07, 6.45) is 3.56. The number of nitrogens with one attached hydrogen (secondary N) is 1. The molecule has 130 valence electrons. The number of pyridine rings is 1. The van der Waals surface area contributed by atoms with Crippen molar-refractivity contribution in [2.45, 2.75) is 12.2 Å². The Bertz CT molecular complexity index is 928. The van der Waals surface area contributed by atoms with Crippen LogP contribution in [0.3, 0.4) is 0 Å². The molecule has 0 bridgehead atoms. The lowest BCUT2D eigenvalue weighted by Gasteiger charge is -2.05. The van der Waals surface area contributed by atoms with Crippen molar-refractivity contribution >= 4 is 21.6 Å². The molecule has 0 atom stereocenters. The largest absolute Gasteiger partial charge is 0.421 e. The van der Waals surface area contributed by atoms with Crippen LogP contribution in [-0.4, -0.2) is 30.1 Å².